The molecule has 1 aliphatic carbocycles. The maximum atomic E-state index is 11.4. The van der Waals surface area contributed by atoms with Crippen LogP contribution in [0.25, 0.3) is 0 Å². The average Bonchev–Trinajstić information content (AvgIpc) is 3.20. The van der Waals surface area contributed by atoms with Gasteiger partial charge in [0.1, 0.15) is 5.82 Å². The second kappa shape index (κ2) is 5.63. The Morgan fingerprint density at radius 1 is 1.50 bits per heavy atom. The van der Waals surface area contributed by atoms with E-state index in [9.17, 15) is 4.79 Å². The quantitative estimate of drug-likeness (QED) is 0.322. The van der Waals surface area contributed by atoms with Crippen molar-refractivity contribution in [2.45, 2.75) is 19.8 Å². The second-order valence-electron chi connectivity index (χ2n) is 4.36. The van der Waals surface area contributed by atoms with Gasteiger partial charge in [-0.05, 0) is 19.8 Å². The molecule has 1 aromatic rings. The Bertz CT molecular complexity index is 432. The Kier molecular flexibility index (Phi) is 3.93. The normalized spacial score (nSPS) is 14.1. The van der Waals surface area contributed by atoms with Crippen LogP contribution in [-0.2, 0) is 4.79 Å². The van der Waals surface area contributed by atoms with E-state index in [0.717, 1.165) is 24.2 Å². The first-order valence-corrected chi connectivity index (χ1v) is 6.02. The molecule has 7 nitrogen and oxygen atoms in total. The number of hydrogen-bond acceptors (Lipinski definition) is 6. The molecular weight excluding hydrogens is 232 g/mol. The van der Waals surface area contributed by atoms with Crippen molar-refractivity contribution in [3.8, 4) is 0 Å². The van der Waals surface area contributed by atoms with Crippen LogP contribution < -0.4 is 21.9 Å². The summed E-state index contributed by atoms with van der Waals surface area (Å²) in [7, 11) is 0. The lowest BCUT2D eigenvalue weighted by molar-refractivity contribution is -0.122. The Morgan fingerprint density at radius 2 is 2.28 bits per heavy atom. The van der Waals surface area contributed by atoms with Crippen LogP contribution in [0.3, 0.4) is 0 Å². The topological polar surface area (TPSA) is 105 Å². The van der Waals surface area contributed by atoms with Crippen molar-refractivity contribution in [3.63, 3.8) is 0 Å². The molecule has 18 heavy (non-hydrogen) atoms. The van der Waals surface area contributed by atoms with Crippen LogP contribution in [0.5, 0.6) is 0 Å². The Hall–Kier alpha value is -1.89. The average molecular weight is 250 g/mol. The number of carbonyl (C=O) groups is 1. The number of aromatic nitrogens is 2. The summed E-state index contributed by atoms with van der Waals surface area (Å²) >= 11 is 0. The van der Waals surface area contributed by atoms with E-state index in [4.69, 9.17) is 5.84 Å². The van der Waals surface area contributed by atoms with Crippen molar-refractivity contribution in [3.05, 3.63) is 11.8 Å². The standard InChI is InChI=1S/C11H18N6O/c1-7-6-15-11(17-12)16-9(7)13-4-5-14-10(18)8-2-3-8/h6,8H,2-5,12H2,1H3,(H,14,18)(H2,13,15,16,17). The van der Waals surface area contributed by atoms with E-state index < -0.39 is 0 Å². The zero-order valence-corrected chi connectivity index (χ0v) is 10.4. The van der Waals surface area contributed by atoms with E-state index >= 15 is 0 Å². The lowest BCUT2D eigenvalue weighted by Crippen LogP contribution is -2.30. The van der Waals surface area contributed by atoms with E-state index in [0.29, 0.717) is 19.0 Å². The Labute approximate surface area is 106 Å². The van der Waals surface area contributed by atoms with Crippen molar-refractivity contribution < 1.29 is 4.79 Å². The first kappa shape index (κ1) is 12.6. The number of nitrogen functional groups attached to an aromatic ring is 1. The number of hydrazine groups is 1. The third-order valence-electron chi connectivity index (χ3n) is 2.77. The highest BCUT2D eigenvalue weighted by Crippen LogP contribution is 2.28. The number of nitrogens with zero attached hydrogens (tertiary/aromatic N) is 2. The minimum atomic E-state index is 0.153. The van der Waals surface area contributed by atoms with Crippen molar-refractivity contribution in [2.75, 3.05) is 23.8 Å². The molecule has 0 atom stereocenters. The van der Waals surface area contributed by atoms with E-state index in [1.54, 1.807) is 6.20 Å². The monoisotopic (exact) mass is 250 g/mol. The van der Waals surface area contributed by atoms with Crippen LogP contribution in [0, 0.1) is 12.8 Å². The highest BCUT2D eigenvalue weighted by molar-refractivity contribution is 5.80. The molecule has 1 aromatic heterocycles. The molecule has 0 spiro atoms. The number of rotatable bonds is 6. The lowest BCUT2D eigenvalue weighted by atomic mass is 10.3. The van der Waals surface area contributed by atoms with Crippen LogP contribution >= 0.6 is 0 Å². The predicted octanol–water partition coefficient (Wildman–Crippen LogP) is 0.00872. The molecule has 98 valence electrons. The molecule has 5 N–H and O–H groups in total. The van der Waals surface area contributed by atoms with Gasteiger partial charge in [0.25, 0.3) is 0 Å². The van der Waals surface area contributed by atoms with Crippen LogP contribution in [0.1, 0.15) is 18.4 Å². The van der Waals surface area contributed by atoms with Crippen LogP contribution in [-0.4, -0.2) is 29.0 Å². The molecule has 0 unspecified atom stereocenters. The van der Waals surface area contributed by atoms with Crippen molar-refractivity contribution in [1.29, 1.82) is 0 Å². The zero-order chi connectivity index (χ0) is 13.0. The molecule has 1 fully saturated rings. The summed E-state index contributed by atoms with van der Waals surface area (Å²) in [6.07, 6.45) is 3.74. The fourth-order valence-corrected chi connectivity index (χ4v) is 1.55. The first-order valence-electron chi connectivity index (χ1n) is 6.02. The van der Waals surface area contributed by atoms with E-state index in [1.807, 2.05) is 6.92 Å². The van der Waals surface area contributed by atoms with Gasteiger partial charge >= 0.3 is 0 Å². The summed E-state index contributed by atoms with van der Waals surface area (Å²) in [5.41, 5.74) is 3.33. The summed E-state index contributed by atoms with van der Waals surface area (Å²) in [6, 6.07) is 0. The third kappa shape index (κ3) is 3.30. The fourth-order valence-electron chi connectivity index (χ4n) is 1.55. The van der Waals surface area contributed by atoms with Gasteiger partial charge in [0.2, 0.25) is 11.9 Å². The second-order valence-corrected chi connectivity index (χ2v) is 4.36. The maximum absolute atomic E-state index is 11.4. The number of anilines is 2. The molecule has 0 saturated heterocycles. The molecule has 1 aliphatic rings. The SMILES string of the molecule is Cc1cnc(NN)nc1NCCNC(=O)C1CC1. The minimum absolute atomic E-state index is 0.153. The molecule has 1 heterocycles. The van der Waals surface area contributed by atoms with E-state index in [2.05, 4.69) is 26.0 Å². The number of nitrogens with two attached hydrogens (primary N) is 1. The van der Waals surface area contributed by atoms with Gasteiger partial charge in [-0.1, -0.05) is 0 Å². The van der Waals surface area contributed by atoms with Gasteiger partial charge < -0.3 is 10.6 Å². The van der Waals surface area contributed by atoms with Gasteiger partial charge in [-0.25, -0.2) is 10.8 Å². The lowest BCUT2D eigenvalue weighted by Gasteiger charge is -2.10. The number of aryl methyl sites for hydroxylation is 1. The molecule has 7 heteroatoms. The maximum Gasteiger partial charge on any atom is 0.239 e. The summed E-state index contributed by atoms with van der Waals surface area (Å²) in [5, 5.41) is 6.02. The summed E-state index contributed by atoms with van der Waals surface area (Å²) < 4.78 is 0. The number of nitrogens with one attached hydrogen (secondary N) is 3. The van der Waals surface area contributed by atoms with Gasteiger partial charge in [0, 0.05) is 30.8 Å². The Morgan fingerprint density at radius 3 is 2.94 bits per heavy atom. The van der Waals surface area contributed by atoms with Gasteiger partial charge in [-0.3, -0.25) is 10.2 Å². The molecule has 2 rings (SSSR count). The van der Waals surface area contributed by atoms with Crippen LogP contribution in [0.4, 0.5) is 11.8 Å². The minimum Gasteiger partial charge on any atom is -0.368 e. The van der Waals surface area contributed by atoms with Crippen LogP contribution in [0.2, 0.25) is 0 Å². The van der Waals surface area contributed by atoms with Crippen molar-refractivity contribution in [1.82, 2.24) is 15.3 Å². The molecule has 0 radical (unpaired) electrons. The summed E-state index contributed by atoms with van der Waals surface area (Å²) in [5.74, 6) is 6.73. The van der Waals surface area contributed by atoms with E-state index in [-0.39, 0.29) is 11.8 Å². The highest BCUT2D eigenvalue weighted by Gasteiger charge is 2.28. The number of hydrogen-bond donors (Lipinski definition) is 4. The van der Waals surface area contributed by atoms with Gasteiger partial charge in [0.05, 0.1) is 0 Å². The Balaban J connectivity index is 1.76. The highest BCUT2D eigenvalue weighted by atomic mass is 16.2. The van der Waals surface area contributed by atoms with Crippen molar-refractivity contribution in [2.24, 2.45) is 11.8 Å². The molecule has 0 aromatic carbocycles. The van der Waals surface area contributed by atoms with Gasteiger partial charge in [-0.2, -0.15) is 4.98 Å². The van der Waals surface area contributed by atoms with Gasteiger partial charge in [-0.15, -0.1) is 0 Å². The zero-order valence-electron chi connectivity index (χ0n) is 10.4. The predicted molar refractivity (Wildman–Crippen MR) is 68.8 cm³/mol. The molecule has 0 bridgehead atoms. The largest absolute Gasteiger partial charge is 0.368 e. The van der Waals surface area contributed by atoms with Gasteiger partial charge in [0.15, 0.2) is 0 Å². The first-order chi connectivity index (χ1) is 8.70. The van der Waals surface area contributed by atoms with E-state index in [1.165, 1.54) is 0 Å². The molecule has 1 amide bonds. The summed E-state index contributed by atoms with van der Waals surface area (Å²) in [6.45, 7) is 3.12. The fraction of sp³-hybridized carbons (Fsp3) is 0.545. The number of amides is 1. The molecule has 0 aliphatic heterocycles. The smallest absolute Gasteiger partial charge is 0.239 e. The summed E-state index contributed by atoms with van der Waals surface area (Å²) in [4.78, 5) is 19.6. The molecule has 1 saturated carbocycles. The third-order valence-corrected chi connectivity index (χ3v) is 2.77. The van der Waals surface area contributed by atoms with Crippen LogP contribution in [0.15, 0.2) is 6.20 Å². The number of carbonyl (C=O) groups excluding carboxylic acids is 1. The molecular formula is C11H18N6O. The van der Waals surface area contributed by atoms with Crippen molar-refractivity contribution >= 4 is 17.7 Å².